The number of halogens is 1. The van der Waals surface area contributed by atoms with Crippen molar-refractivity contribution in [1.29, 1.82) is 0 Å². The molecule has 1 aromatic heterocycles. The molecule has 0 saturated carbocycles. The lowest BCUT2D eigenvalue weighted by Gasteiger charge is -2.37. The van der Waals surface area contributed by atoms with Crippen LogP contribution in [-0.2, 0) is 9.09 Å². The number of hydrogen-bond acceptors (Lipinski definition) is 11. The van der Waals surface area contributed by atoms with Crippen LogP contribution in [0.1, 0.15) is 55.2 Å². The highest BCUT2D eigenvalue weighted by molar-refractivity contribution is 7.99. The van der Waals surface area contributed by atoms with E-state index in [1.54, 1.807) is 34.8 Å². The van der Waals surface area contributed by atoms with Crippen LogP contribution in [0.5, 0.6) is 0 Å². The van der Waals surface area contributed by atoms with Crippen molar-refractivity contribution in [1.82, 2.24) is 9.47 Å². The number of rotatable bonds is 18. The Kier molecular flexibility index (Phi) is 15.7. The average Bonchev–Trinajstić information content (AvgIpc) is 3.95. The average molecular weight is 1030 g/mol. The molecule has 9 rings (SSSR count). The number of likely N-dealkylation sites (tertiary alicyclic amines) is 1. The van der Waals surface area contributed by atoms with Crippen LogP contribution in [0.25, 0.3) is 22.4 Å². The molecule has 0 bridgehead atoms. The fourth-order valence-electron chi connectivity index (χ4n) is 10.2. The van der Waals surface area contributed by atoms with Gasteiger partial charge in [-0.3, -0.25) is 14.8 Å². The van der Waals surface area contributed by atoms with Crippen LogP contribution in [0.15, 0.2) is 139 Å². The van der Waals surface area contributed by atoms with Crippen molar-refractivity contribution < 1.29 is 29.0 Å². The molecule has 0 aliphatic carbocycles. The largest absolute Gasteiger partial charge is 0.478 e. The zero-order valence-electron chi connectivity index (χ0n) is 40.8. The van der Waals surface area contributed by atoms with Gasteiger partial charge in [0.1, 0.15) is 11.9 Å². The number of thioether (sulfide) groups is 1. The lowest BCUT2D eigenvalue weighted by molar-refractivity contribution is -0.383. The summed E-state index contributed by atoms with van der Waals surface area (Å²) in [4.78, 5) is 33.3. The molecule has 376 valence electrons. The quantitative estimate of drug-likeness (QED) is 0.0324. The van der Waals surface area contributed by atoms with Gasteiger partial charge in [0.15, 0.2) is 0 Å². The van der Waals surface area contributed by atoms with Gasteiger partial charge in [0.25, 0.3) is 5.69 Å². The first-order valence-electron chi connectivity index (χ1n) is 24.6. The summed E-state index contributed by atoms with van der Waals surface area (Å²) in [5.74, 6) is 0.0567. The number of nitro benzene ring substituents is 1. The smallest absolute Gasteiger partial charge is 0.378 e. The van der Waals surface area contributed by atoms with Gasteiger partial charge in [-0.05, 0) is 143 Å². The number of aliphatic hydroxyl groups is 1. The Morgan fingerprint density at radius 1 is 0.861 bits per heavy atom. The summed E-state index contributed by atoms with van der Waals surface area (Å²) in [7, 11) is -3.82. The van der Waals surface area contributed by atoms with Crippen molar-refractivity contribution in [2.24, 2.45) is 5.92 Å². The standard InChI is InChI=1S/C55H61ClN7O7PS/c1-38(2)62-39(3)52(55(65)66)53(54(62)41-12-14-43(56)15-13-41)42-8-7-9-47(34-42)60-30-28-59(29-31-60)45-16-18-46(19-17-45)61-32-33-70-71(61,69)48-20-21-50(51(35-48)63(67)68)57-44(37-72-49-10-5-4-6-11-49)24-27-58-25-22-40(36-64)23-26-58/h4-21,32-35,38,40,44,57,64H,22-31,36-37H2,1-3H3,(H,65,66)/t44?,71-/m0/s1. The maximum atomic E-state index is 14.8. The van der Waals surface area contributed by atoms with E-state index >= 15 is 0 Å². The number of nitro groups is 1. The summed E-state index contributed by atoms with van der Waals surface area (Å²) in [5, 5.41) is 37.2. The second kappa shape index (κ2) is 22.3. The SMILES string of the molecule is Cc1c(C(=O)O)c(-c2cccc(N3CCN(c4ccc(N5C=CO[P@@]5(=O)c5ccc(NC(CCN6CCC(CO)CC6)CSc6ccccc6)c([N+](=O)[O-])c5)cc4)CC3)c2)c(-c2ccc(Cl)cc2)n1C(C)C. The molecule has 0 radical (unpaired) electrons. The van der Waals surface area contributed by atoms with Crippen LogP contribution < -0.4 is 25.1 Å². The number of carboxylic acids is 1. The number of nitrogens with one attached hydrogen (secondary N) is 1. The van der Waals surface area contributed by atoms with Crippen molar-refractivity contribution >= 4 is 70.6 Å². The van der Waals surface area contributed by atoms with E-state index in [9.17, 15) is 29.7 Å². The van der Waals surface area contributed by atoms with Gasteiger partial charge in [-0.15, -0.1) is 11.8 Å². The number of aromatic nitrogens is 1. The Morgan fingerprint density at radius 3 is 2.19 bits per heavy atom. The molecule has 14 nitrogen and oxygen atoms in total. The van der Waals surface area contributed by atoms with E-state index in [1.165, 1.54) is 12.3 Å². The van der Waals surface area contributed by atoms with Gasteiger partial charge < -0.3 is 39.3 Å². The number of piperazine rings is 1. The van der Waals surface area contributed by atoms with E-state index in [2.05, 4.69) is 62.7 Å². The molecule has 4 heterocycles. The third kappa shape index (κ3) is 10.9. The van der Waals surface area contributed by atoms with Crippen LogP contribution in [0.4, 0.5) is 28.4 Å². The number of nitrogens with zero attached hydrogens (tertiary/aromatic N) is 6. The molecule has 2 fully saturated rings. The molecule has 6 aromatic rings. The Balaban J connectivity index is 0.883. The summed E-state index contributed by atoms with van der Waals surface area (Å²) in [6, 6.07) is 38.1. The third-order valence-corrected chi connectivity index (χ3v) is 17.8. The number of carbonyl (C=O) groups is 1. The highest BCUT2D eigenvalue weighted by atomic mass is 35.5. The molecule has 2 atom stereocenters. The predicted octanol–water partition coefficient (Wildman–Crippen LogP) is 11.8. The monoisotopic (exact) mass is 1030 g/mol. The summed E-state index contributed by atoms with van der Waals surface area (Å²) in [6.45, 7) is 11.8. The lowest BCUT2D eigenvalue weighted by atomic mass is 9.96. The Hall–Kier alpha value is -6.22. The molecular weight excluding hydrogens is 969 g/mol. The Labute approximate surface area is 430 Å². The zero-order chi connectivity index (χ0) is 50.5. The number of piperidine rings is 1. The van der Waals surface area contributed by atoms with Gasteiger partial charge in [-0.25, -0.2) is 9.36 Å². The van der Waals surface area contributed by atoms with Gasteiger partial charge >= 0.3 is 13.5 Å². The van der Waals surface area contributed by atoms with Crippen molar-refractivity contribution in [3.05, 3.63) is 160 Å². The number of anilines is 4. The molecule has 1 unspecified atom stereocenters. The van der Waals surface area contributed by atoms with Crippen LogP contribution in [0.3, 0.4) is 0 Å². The molecule has 5 aromatic carbocycles. The van der Waals surface area contributed by atoms with Crippen LogP contribution in [-0.4, -0.2) is 94.8 Å². The van der Waals surface area contributed by atoms with Gasteiger partial charge in [-0.1, -0.05) is 54.1 Å². The maximum absolute atomic E-state index is 14.8. The van der Waals surface area contributed by atoms with Gasteiger partial charge in [0.2, 0.25) is 0 Å². The molecule has 72 heavy (non-hydrogen) atoms. The van der Waals surface area contributed by atoms with Crippen molar-refractivity contribution in [3.63, 3.8) is 0 Å². The van der Waals surface area contributed by atoms with Crippen LogP contribution in [0, 0.1) is 23.0 Å². The molecule has 2 saturated heterocycles. The topological polar surface area (TPSA) is 157 Å². The molecule has 17 heteroatoms. The van der Waals surface area contributed by atoms with Gasteiger partial charge in [-0.2, -0.15) is 0 Å². The van der Waals surface area contributed by atoms with Crippen LogP contribution in [0.2, 0.25) is 5.02 Å². The van der Waals surface area contributed by atoms with E-state index in [4.69, 9.17) is 16.1 Å². The summed E-state index contributed by atoms with van der Waals surface area (Å²) >= 11 is 7.98. The first kappa shape index (κ1) is 50.7. The summed E-state index contributed by atoms with van der Waals surface area (Å²) < 4.78 is 24.3. The fraction of sp³-hybridized carbons (Fsp3) is 0.327. The molecule has 3 aliphatic heterocycles. The first-order chi connectivity index (χ1) is 34.8. The maximum Gasteiger partial charge on any atom is 0.378 e. The second-order valence-corrected chi connectivity index (χ2v) is 22.7. The van der Waals surface area contributed by atoms with E-state index in [1.807, 2.05) is 85.8 Å². The molecule has 3 N–H and O–H groups in total. The molecular formula is C55H61ClN7O7PS. The Morgan fingerprint density at radius 2 is 1.54 bits per heavy atom. The Bertz CT molecular complexity index is 2960. The highest BCUT2D eigenvalue weighted by Gasteiger charge is 2.39. The molecule has 0 amide bonds. The van der Waals surface area contributed by atoms with Crippen molar-refractivity contribution in [2.75, 3.05) is 78.0 Å². The van der Waals surface area contributed by atoms with E-state index in [0.717, 1.165) is 98.2 Å². The first-order valence-corrected chi connectivity index (χ1v) is 27.5. The third-order valence-electron chi connectivity index (χ3n) is 14.1. The van der Waals surface area contributed by atoms with Crippen molar-refractivity contribution in [2.45, 2.75) is 57.0 Å². The second-order valence-electron chi connectivity index (χ2n) is 18.9. The number of benzene rings is 5. The minimum atomic E-state index is -3.82. The van der Waals surface area contributed by atoms with E-state index in [0.29, 0.717) is 39.3 Å². The predicted molar refractivity (Wildman–Crippen MR) is 292 cm³/mol. The van der Waals surface area contributed by atoms with Gasteiger partial charge in [0, 0.05) is 102 Å². The fourth-order valence-corrected chi connectivity index (χ4v) is 13.3. The van der Waals surface area contributed by atoms with Crippen LogP contribution >= 0.6 is 30.9 Å². The van der Waals surface area contributed by atoms with Crippen molar-refractivity contribution in [3.8, 4) is 22.4 Å². The number of aliphatic hydroxyl groups excluding tert-OH is 1. The zero-order valence-corrected chi connectivity index (χ0v) is 43.2. The van der Waals surface area contributed by atoms with E-state index < -0.39 is 18.4 Å². The van der Waals surface area contributed by atoms with Gasteiger partial charge in [0.05, 0.1) is 27.2 Å². The van der Waals surface area contributed by atoms with E-state index in [-0.39, 0.29) is 35.2 Å². The summed E-state index contributed by atoms with van der Waals surface area (Å²) in [6.07, 6.45) is 5.66. The minimum Gasteiger partial charge on any atom is -0.478 e. The molecule has 3 aliphatic rings. The highest BCUT2D eigenvalue weighted by Crippen LogP contribution is 2.56. The number of aromatic carboxylic acids is 1. The normalized spacial score (nSPS) is 17.9. The lowest BCUT2D eigenvalue weighted by Crippen LogP contribution is -2.46. The number of hydrogen-bond donors (Lipinski definition) is 3. The molecule has 0 spiro atoms. The number of carboxylic acid groups (broad SMARTS) is 1. The minimum absolute atomic E-state index is 0.0131. The summed E-state index contributed by atoms with van der Waals surface area (Å²) in [5.41, 5.74) is 7.04.